The van der Waals surface area contributed by atoms with E-state index in [9.17, 15) is 8.42 Å². The van der Waals surface area contributed by atoms with Crippen molar-refractivity contribution in [2.24, 2.45) is 5.84 Å². The number of nitrogen functional groups attached to an aromatic ring is 1. The van der Waals surface area contributed by atoms with Gasteiger partial charge in [0.2, 0.25) is 0 Å². The Kier molecular flexibility index (Phi) is 4.48. The standard InChI is InChI=1S/C11H10BrClN4O2S/c12-9-2-1-7(5-10(9)13)17-20(18,19)8-3-4-15-11(6-8)16-14/h1-6,17H,14H2,(H,15,16). The molecule has 0 aliphatic rings. The Morgan fingerprint density at radius 3 is 2.65 bits per heavy atom. The molecule has 0 saturated heterocycles. The van der Waals surface area contributed by atoms with Crippen molar-refractivity contribution in [2.45, 2.75) is 4.90 Å². The summed E-state index contributed by atoms with van der Waals surface area (Å²) in [6, 6.07) is 7.44. The number of nitrogens with zero attached hydrogens (tertiary/aromatic N) is 1. The van der Waals surface area contributed by atoms with Crippen LogP contribution in [-0.4, -0.2) is 13.4 Å². The van der Waals surface area contributed by atoms with E-state index in [1.807, 2.05) is 0 Å². The van der Waals surface area contributed by atoms with E-state index in [4.69, 9.17) is 17.4 Å². The quantitative estimate of drug-likeness (QED) is 0.562. The van der Waals surface area contributed by atoms with Gasteiger partial charge < -0.3 is 5.43 Å². The molecule has 0 radical (unpaired) electrons. The number of rotatable bonds is 4. The van der Waals surface area contributed by atoms with Crippen LogP contribution in [0.4, 0.5) is 11.5 Å². The van der Waals surface area contributed by atoms with Gasteiger partial charge in [-0.15, -0.1) is 0 Å². The smallest absolute Gasteiger partial charge is 0.262 e. The highest BCUT2D eigenvalue weighted by molar-refractivity contribution is 9.10. The summed E-state index contributed by atoms with van der Waals surface area (Å²) in [5.41, 5.74) is 2.65. The molecular weight excluding hydrogens is 368 g/mol. The molecule has 0 aliphatic carbocycles. The summed E-state index contributed by atoms with van der Waals surface area (Å²) in [4.78, 5) is 3.89. The summed E-state index contributed by atoms with van der Waals surface area (Å²) in [7, 11) is -3.74. The Bertz CT molecular complexity index is 739. The van der Waals surface area contributed by atoms with Crippen molar-refractivity contribution in [2.75, 3.05) is 10.1 Å². The van der Waals surface area contributed by atoms with E-state index in [-0.39, 0.29) is 10.7 Å². The van der Waals surface area contributed by atoms with Crippen molar-refractivity contribution in [3.63, 3.8) is 0 Å². The summed E-state index contributed by atoms with van der Waals surface area (Å²) in [5, 5.41) is 0.407. The number of hydrogen-bond donors (Lipinski definition) is 3. The number of anilines is 2. The maximum absolute atomic E-state index is 12.2. The summed E-state index contributed by atoms with van der Waals surface area (Å²) in [6.07, 6.45) is 1.35. The molecule has 0 saturated carbocycles. The second-order valence-corrected chi connectivity index (χ2v) is 6.70. The lowest BCUT2D eigenvalue weighted by atomic mass is 10.3. The number of sulfonamides is 1. The summed E-state index contributed by atoms with van der Waals surface area (Å²) >= 11 is 9.15. The second kappa shape index (κ2) is 5.96. The number of pyridine rings is 1. The van der Waals surface area contributed by atoms with Crippen LogP contribution in [0.5, 0.6) is 0 Å². The zero-order valence-corrected chi connectivity index (χ0v) is 13.1. The fourth-order valence-electron chi connectivity index (χ4n) is 1.43. The first kappa shape index (κ1) is 15.0. The van der Waals surface area contributed by atoms with E-state index in [1.54, 1.807) is 12.1 Å². The minimum Gasteiger partial charge on any atom is -0.308 e. The number of hydrogen-bond acceptors (Lipinski definition) is 5. The van der Waals surface area contributed by atoms with Crippen molar-refractivity contribution in [3.05, 3.63) is 46.0 Å². The van der Waals surface area contributed by atoms with Gasteiger partial charge in [0.1, 0.15) is 5.82 Å². The first-order valence-electron chi connectivity index (χ1n) is 5.33. The van der Waals surface area contributed by atoms with E-state index >= 15 is 0 Å². The number of benzene rings is 1. The Balaban J connectivity index is 2.32. The molecule has 0 unspecified atom stereocenters. The zero-order valence-electron chi connectivity index (χ0n) is 9.97. The lowest BCUT2D eigenvalue weighted by Gasteiger charge is -2.09. The van der Waals surface area contributed by atoms with E-state index in [0.717, 1.165) is 0 Å². The second-order valence-electron chi connectivity index (χ2n) is 3.76. The van der Waals surface area contributed by atoms with Crippen molar-refractivity contribution >= 4 is 49.1 Å². The summed E-state index contributed by atoms with van der Waals surface area (Å²) in [5.74, 6) is 5.45. The van der Waals surface area contributed by atoms with Crippen LogP contribution >= 0.6 is 27.5 Å². The Labute approximate surface area is 129 Å². The lowest BCUT2D eigenvalue weighted by molar-refractivity contribution is 0.601. The average molecular weight is 378 g/mol. The topological polar surface area (TPSA) is 97.1 Å². The third-order valence-electron chi connectivity index (χ3n) is 2.36. The number of nitrogens with two attached hydrogens (primary N) is 1. The highest BCUT2D eigenvalue weighted by atomic mass is 79.9. The number of nitrogens with one attached hydrogen (secondary N) is 2. The normalized spacial score (nSPS) is 11.2. The fraction of sp³-hybridized carbons (Fsp3) is 0. The first-order valence-corrected chi connectivity index (χ1v) is 7.98. The molecule has 0 fully saturated rings. The van der Waals surface area contributed by atoms with Crippen LogP contribution in [0.25, 0.3) is 0 Å². The molecule has 1 heterocycles. The fourth-order valence-corrected chi connectivity index (χ4v) is 2.92. The zero-order chi connectivity index (χ0) is 14.8. The predicted octanol–water partition coefficient (Wildman–Crippen LogP) is 2.58. The number of hydrazine groups is 1. The van der Waals surface area contributed by atoms with E-state index < -0.39 is 10.0 Å². The van der Waals surface area contributed by atoms with Crippen LogP contribution in [0.15, 0.2) is 45.9 Å². The molecule has 2 aromatic rings. The van der Waals surface area contributed by atoms with Gasteiger partial charge in [0.15, 0.2) is 0 Å². The SMILES string of the molecule is NNc1cc(S(=O)(=O)Nc2ccc(Br)c(Cl)c2)ccn1. The molecule has 4 N–H and O–H groups in total. The molecule has 2 rings (SSSR count). The van der Waals surface area contributed by atoms with Gasteiger partial charge in [-0.2, -0.15) is 0 Å². The van der Waals surface area contributed by atoms with Crippen LogP contribution in [0, 0.1) is 0 Å². The van der Waals surface area contributed by atoms with Crippen molar-refractivity contribution < 1.29 is 8.42 Å². The number of aromatic nitrogens is 1. The van der Waals surface area contributed by atoms with Gasteiger partial charge in [-0.1, -0.05) is 11.6 Å². The van der Waals surface area contributed by atoms with Gasteiger partial charge in [0.25, 0.3) is 10.0 Å². The van der Waals surface area contributed by atoms with Crippen molar-refractivity contribution in [1.82, 2.24) is 4.98 Å². The first-order chi connectivity index (χ1) is 9.42. The highest BCUT2D eigenvalue weighted by Gasteiger charge is 2.15. The summed E-state index contributed by atoms with van der Waals surface area (Å²) in [6.45, 7) is 0. The minimum atomic E-state index is -3.74. The largest absolute Gasteiger partial charge is 0.308 e. The maximum Gasteiger partial charge on any atom is 0.262 e. The van der Waals surface area contributed by atoms with Gasteiger partial charge in [-0.25, -0.2) is 19.2 Å². The Morgan fingerprint density at radius 2 is 2.00 bits per heavy atom. The van der Waals surface area contributed by atoms with E-state index in [2.05, 4.69) is 31.1 Å². The van der Waals surface area contributed by atoms with E-state index in [0.29, 0.717) is 15.2 Å². The average Bonchev–Trinajstić information content (AvgIpc) is 2.43. The molecule has 20 heavy (non-hydrogen) atoms. The van der Waals surface area contributed by atoms with Gasteiger partial charge in [-0.3, -0.25) is 4.72 Å². The minimum absolute atomic E-state index is 0.0412. The third-order valence-corrected chi connectivity index (χ3v) is 4.97. The van der Waals surface area contributed by atoms with Crippen LogP contribution in [-0.2, 0) is 10.0 Å². The van der Waals surface area contributed by atoms with E-state index in [1.165, 1.54) is 24.4 Å². The molecule has 106 valence electrons. The van der Waals surface area contributed by atoms with Crippen LogP contribution < -0.4 is 16.0 Å². The Hall–Kier alpha value is -1.35. The van der Waals surface area contributed by atoms with Crippen molar-refractivity contribution in [1.29, 1.82) is 0 Å². The molecular formula is C11H10BrClN4O2S. The molecule has 1 aromatic heterocycles. The van der Waals surface area contributed by atoms with Gasteiger partial charge in [0.05, 0.1) is 15.6 Å². The van der Waals surface area contributed by atoms with Gasteiger partial charge in [0, 0.05) is 16.7 Å². The molecule has 0 bridgehead atoms. The van der Waals surface area contributed by atoms with Crippen LogP contribution in [0.2, 0.25) is 5.02 Å². The highest BCUT2D eigenvalue weighted by Crippen LogP contribution is 2.27. The van der Waals surface area contributed by atoms with Gasteiger partial charge in [-0.05, 0) is 40.2 Å². The molecule has 0 aliphatic heterocycles. The molecule has 6 nitrogen and oxygen atoms in total. The maximum atomic E-state index is 12.2. The Morgan fingerprint density at radius 1 is 1.25 bits per heavy atom. The monoisotopic (exact) mass is 376 g/mol. The molecule has 0 amide bonds. The van der Waals surface area contributed by atoms with Gasteiger partial charge >= 0.3 is 0 Å². The predicted molar refractivity (Wildman–Crippen MR) is 82.0 cm³/mol. The summed E-state index contributed by atoms with van der Waals surface area (Å²) < 4.78 is 27.5. The molecule has 0 spiro atoms. The third kappa shape index (κ3) is 3.40. The number of halogens is 2. The molecule has 9 heteroatoms. The molecule has 1 aromatic carbocycles. The van der Waals surface area contributed by atoms with Crippen LogP contribution in [0.1, 0.15) is 0 Å². The molecule has 0 atom stereocenters. The lowest BCUT2D eigenvalue weighted by Crippen LogP contribution is -2.14. The van der Waals surface area contributed by atoms with Crippen molar-refractivity contribution in [3.8, 4) is 0 Å². The van der Waals surface area contributed by atoms with Crippen LogP contribution in [0.3, 0.4) is 0 Å².